The van der Waals surface area contributed by atoms with Crippen molar-refractivity contribution < 1.29 is 62.8 Å². The highest BCUT2D eigenvalue weighted by Crippen LogP contribution is 2.62. The highest BCUT2D eigenvalue weighted by molar-refractivity contribution is 7.70. The van der Waals surface area contributed by atoms with E-state index in [1.807, 2.05) is 0 Å². The molecule has 0 fully saturated rings. The Labute approximate surface area is 135 Å². The van der Waals surface area contributed by atoms with Crippen LogP contribution in [-0.2, 0) is 18.4 Å². The molecule has 0 radical (unpaired) electrons. The van der Waals surface area contributed by atoms with Crippen LogP contribution in [0.2, 0.25) is 0 Å². The third-order valence-electron chi connectivity index (χ3n) is 2.54. The molecule has 0 aliphatic carbocycles. The van der Waals surface area contributed by atoms with Gasteiger partial charge in [0.1, 0.15) is 13.2 Å². The number of hydrogen-bond donors (Lipinski definition) is 8. The minimum atomic E-state index is -5.88. The molecular weight excluding hydrogens is 401 g/mol. The zero-order valence-corrected chi connectivity index (χ0v) is 14.7. The molecule has 18 heteroatoms. The summed E-state index contributed by atoms with van der Waals surface area (Å²) in [6, 6.07) is 0. The Hall–Kier alpha value is 0.210. The van der Waals surface area contributed by atoms with Gasteiger partial charge >= 0.3 is 28.3 Å². The van der Waals surface area contributed by atoms with E-state index in [1.54, 1.807) is 0 Å². The van der Waals surface area contributed by atoms with E-state index in [0.29, 0.717) is 0 Å². The third-order valence-corrected chi connectivity index (χ3v) is 6.98. The van der Waals surface area contributed by atoms with E-state index in [0.717, 1.165) is 0 Å². The largest absolute Gasteiger partial charge is 0.583 e. The van der Waals surface area contributed by atoms with Gasteiger partial charge in [-0.25, -0.2) is 5.17 Å². The van der Waals surface area contributed by atoms with E-state index in [-0.39, 0.29) is 6.61 Å². The van der Waals surface area contributed by atoms with Crippen LogP contribution in [0.5, 0.6) is 0 Å². The fraction of sp³-hybridized carbons (Fsp3) is 1.00. The van der Waals surface area contributed by atoms with E-state index in [9.17, 15) is 24.1 Å². The molecule has 8 N–H and O–H groups in total. The number of aliphatic hydroxyl groups is 1. The van der Waals surface area contributed by atoms with Crippen molar-refractivity contribution in [3.8, 4) is 0 Å². The van der Waals surface area contributed by atoms with Crippen LogP contribution >= 0.6 is 22.8 Å². The second kappa shape index (κ2) is 8.73. The summed E-state index contributed by atoms with van der Waals surface area (Å²) < 4.78 is 35.3. The topological polar surface area (TPSA) is 253 Å². The first-order valence-corrected chi connectivity index (χ1v) is 11.2. The van der Waals surface area contributed by atoms with Gasteiger partial charge in [0.25, 0.3) is 0 Å². The minimum absolute atomic E-state index is 0.358. The lowest BCUT2D eigenvalue weighted by Gasteiger charge is -2.50. The second-order valence-electron chi connectivity index (χ2n) is 4.60. The van der Waals surface area contributed by atoms with Gasteiger partial charge in [-0.3, -0.25) is 13.7 Å². The lowest BCUT2D eigenvalue weighted by Crippen LogP contribution is -3.20. The van der Waals surface area contributed by atoms with Gasteiger partial charge in [0, 0.05) is 0 Å². The Balaban J connectivity index is 5.85. The van der Waals surface area contributed by atoms with Crippen LogP contribution in [0, 0.1) is 10.4 Å². The molecule has 0 aromatic rings. The van der Waals surface area contributed by atoms with Crippen molar-refractivity contribution in [1.82, 2.24) is 0 Å². The maximum atomic E-state index is 12.6. The van der Waals surface area contributed by atoms with E-state index in [4.69, 9.17) is 34.5 Å². The van der Waals surface area contributed by atoms with Gasteiger partial charge in [-0.1, -0.05) is 0 Å². The minimum Gasteiger partial charge on any atom is -0.583 e. The van der Waals surface area contributed by atoms with Crippen LogP contribution in [-0.4, -0.2) is 77.4 Å². The molecule has 0 aromatic carbocycles. The summed E-state index contributed by atoms with van der Waals surface area (Å²) >= 11 is 0. The van der Waals surface area contributed by atoms with Crippen molar-refractivity contribution in [1.29, 1.82) is 0 Å². The molecule has 24 heavy (non-hydrogen) atoms. The number of rotatable bonds is 11. The van der Waals surface area contributed by atoms with E-state index in [2.05, 4.69) is 4.74 Å². The van der Waals surface area contributed by atoms with Gasteiger partial charge in [-0.05, 0) is 0 Å². The van der Waals surface area contributed by atoms with Crippen LogP contribution in [0.4, 0.5) is 0 Å². The zero-order chi connectivity index (χ0) is 19.4. The number of quaternary nitrogens is 2. The molecule has 2 unspecified atom stereocenters. The Bertz CT molecular complexity index is 518. The summed E-state index contributed by atoms with van der Waals surface area (Å²) in [7, 11) is -16.9. The van der Waals surface area contributed by atoms with Crippen LogP contribution in [0.15, 0.2) is 0 Å². The van der Waals surface area contributed by atoms with Gasteiger partial charge in [-0.2, -0.15) is 4.76 Å². The monoisotopic (exact) mass is 420 g/mol. The number of hydroxylamine groups is 3. The Morgan fingerprint density at radius 2 is 1.46 bits per heavy atom. The molecule has 0 rings (SSSR count). The van der Waals surface area contributed by atoms with E-state index >= 15 is 0 Å². The second-order valence-corrected chi connectivity index (χ2v) is 9.98. The maximum absolute atomic E-state index is 12.6. The summed E-state index contributed by atoms with van der Waals surface area (Å²) in [6.45, 7) is -2.90. The quantitative estimate of drug-likeness (QED) is 0.0696. The Kier molecular flexibility index (Phi) is 8.81. The molecule has 0 saturated heterocycles. The first-order valence-electron chi connectivity index (χ1n) is 6.01. The highest BCUT2D eigenvalue weighted by atomic mass is 31.2. The van der Waals surface area contributed by atoms with Crippen molar-refractivity contribution in [3.63, 3.8) is 0 Å². The lowest BCUT2D eigenvalue weighted by molar-refractivity contribution is -1.45. The molecule has 0 aromatic heterocycles. The van der Waals surface area contributed by atoms with Crippen LogP contribution in [0.1, 0.15) is 0 Å². The number of aliphatic hydroxyl groups excluding tert-OH is 1. The van der Waals surface area contributed by atoms with Gasteiger partial charge in [0.05, 0.1) is 13.2 Å². The maximum Gasteiger partial charge on any atom is 0.400 e. The first kappa shape index (κ1) is 24.2. The molecule has 0 amide bonds. The third kappa shape index (κ3) is 7.62. The molecule has 0 spiro atoms. The summed E-state index contributed by atoms with van der Waals surface area (Å²) in [5, 5.41) is 30.9. The predicted molar refractivity (Wildman–Crippen MR) is 75.5 cm³/mol. The van der Waals surface area contributed by atoms with Crippen LogP contribution in [0.25, 0.3) is 0 Å². The molecule has 2 atom stereocenters. The van der Waals surface area contributed by atoms with Crippen molar-refractivity contribution in [2.24, 2.45) is 0 Å². The van der Waals surface area contributed by atoms with Crippen LogP contribution < -0.4 is 5.17 Å². The van der Waals surface area contributed by atoms with Crippen molar-refractivity contribution in [2.75, 3.05) is 32.7 Å². The molecule has 0 saturated carbocycles. The van der Waals surface area contributed by atoms with Gasteiger partial charge in [-0.15, -0.1) is 0 Å². The number of ether oxygens (including phenoxy) is 1. The molecule has 0 aliphatic heterocycles. The van der Waals surface area contributed by atoms with Gasteiger partial charge in [0.15, 0.2) is 0 Å². The standard InChI is InChI=1S/C6H19N2O13P3/c9-2-4-21-3-1-8(11,7(10)5-22(12,13)14)6(23(15,16)17)24(18,19)20/h6-7,9H,1-5H2,(H2,12,13,14)(H2,15,16,17)(H2,18,19,20). The molecule has 0 heterocycles. The fourth-order valence-corrected chi connectivity index (χ4v) is 5.33. The van der Waals surface area contributed by atoms with E-state index < -0.39 is 64.3 Å². The number of nitrogens with one attached hydrogen (secondary N) is 1. The van der Waals surface area contributed by atoms with E-state index in [1.165, 1.54) is 0 Å². The van der Waals surface area contributed by atoms with Crippen molar-refractivity contribution in [3.05, 3.63) is 10.4 Å². The Morgan fingerprint density at radius 3 is 1.79 bits per heavy atom. The molecular formula is C6H19N2O13P3. The van der Waals surface area contributed by atoms with Gasteiger partial charge in [0.2, 0.25) is 6.29 Å². The highest BCUT2D eigenvalue weighted by Gasteiger charge is 2.59. The summed E-state index contributed by atoms with van der Waals surface area (Å²) in [5.41, 5.74) is -3.40. The van der Waals surface area contributed by atoms with Crippen LogP contribution in [0.3, 0.4) is 0 Å². The average molecular weight is 420 g/mol. The summed E-state index contributed by atoms with van der Waals surface area (Å²) in [5.74, 6) is 0. The van der Waals surface area contributed by atoms with Crippen molar-refractivity contribution >= 4 is 22.8 Å². The van der Waals surface area contributed by atoms with Gasteiger partial charge < -0.3 is 49.6 Å². The average Bonchev–Trinajstić information content (AvgIpc) is 2.28. The molecule has 146 valence electrons. The molecule has 0 aliphatic rings. The zero-order valence-electron chi connectivity index (χ0n) is 12.0. The SMILES string of the molecule is O=P(O)(O)C[NH+]([O-])[N+]([O-])(CCOCCO)C(P(=O)(O)O)P(=O)(O)O. The van der Waals surface area contributed by atoms with Crippen molar-refractivity contribution in [2.45, 2.75) is 5.52 Å². The lowest BCUT2D eigenvalue weighted by atomic mass is 10.6. The molecule has 0 bridgehead atoms. The fourth-order valence-electron chi connectivity index (χ4n) is 1.71. The smallest absolute Gasteiger partial charge is 0.400 e. The molecule has 15 nitrogen and oxygen atoms in total. The Morgan fingerprint density at radius 1 is 1.00 bits per heavy atom. The number of hydrogen-bond acceptors (Lipinski definition) is 7. The summed E-state index contributed by atoms with van der Waals surface area (Å²) in [6.07, 6.45) is -1.78. The first-order chi connectivity index (χ1) is 10.6. The summed E-state index contributed by atoms with van der Waals surface area (Å²) in [4.78, 5) is 53.8. The normalized spacial score (nSPS) is 17.8. The predicted octanol–water partition coefficient (Wildman–Crippen LogP) is -3.62. The number of nitrogens with zero attached hydrogens (tertiary/aromatic N) is 1.